The van der Waals surface area contributed by atoms with Crippen LogP contribution in [0, 0.1) is 5.82 Å². The van der Waals surface area contributed by atoms with Crippen molar-refractivity contribution in [2.75, 3.05) is 6.61 Å². The van der Waals surface area contributed by atoms with Crippen molar-refractivity contribution in [2.24, 2.45) is 0 Å². The summed E-state index contributed by atoms with van der Waals surface area (Å²) < 4.78 is 13.3. The van der Waals surface area contributed by atoms with Gasteiger partial charge in [0.05, 0.1) is 0 Å². The van der Waals surface area contributed by atoms with Crippen molar-refractivity contribution in [1.29, 1.82) is 0 Å². The molecule has 0 spiro atoms. The highest BCUT2D eigenvalue weighted by Crippen LogP contribution is 2.17. The van der Waals surface area contributed by atoms with E-state index in [4.69, 9.17) is 5.11 Å². The lowest BCUT2D eigenvalue weighted by atomic mass is 10.1. The van der Waals surface area contributed by atoms with Crippen molar-refractivity contribution in [3.8, 4) is 11.4 Å². The molecule has 1 heterocycles. The molecule has 0 fully saturated rings. The minimum Gasteiger partial charge on any atom is -0.388 e. The maximum atomic E-state index is 13.3. The minimum atomic E-state index is -0.685. The van der Waals surface area contributed by atoms with E-state index in [9.17, 15) is 9.18 Å². The van der Waals surface area contributed by atoms with Gasteiger partial charge in [-0.1, -0.05) is 0 Å². The summed E-state index contributed by atoms with van der Waals surface area (Å²) >= 11 is 0. The molecule has 0 saturated carbocycles. The van der Waals surface area contributed by atoms with Crippen LogP contribution in [0.15, 0.2) is 24.5 Å². The van der Waals surface area contributed by atoms with Crippen molar-refractivity contribution in [1.82, 2.24) is 20.4 Å². The monoisotopic (exact) mass is 234 g/mol. The van der Waals surface area contributed by atoms with Crippen molar-refractivity contribution in [2.45, 2.75) is 0 Å². The Kier molecular flexibility index (Phi) is 3.10. The lowest BCUT2D eigenvalue weighted by Crippen LogP contribution is -2.05. The van der Waals surface area contributed by atoms with E-state index in [1.54, 1.807) is 0 Å². The Morgan fingerprint density at radius 3 is 2.59 bits per heavy atom. The van der Waals surface area contributed by atoms with E-state index in [1.807, 2.05) is 0 Å². The van der Waals surface area contributed by atoms with Crippen LogP contribution in [-0.4, -0.2) is 37.9 Å². The average Bonchev–Trinajstić information content (AvgIpc) is 2.38. The highest BCUT2D eigenvalue weighted by molar-refractivity contribution is 5.97. The fourth-order valence-corrected chi connectivity index (χ4v) is 1.29. The van der Waals surface area contributed by atoms with E-state index in [1.165, 1.54) is 6.07 Å². The number of Topliss-reactive ketones (excluding diaryl/α,β-unsaturated/α-hetero) is 1. The van der Waals surface area contributed by atoms with Gasteiger partial charge in [-0.15, -0.1) is 20.4 Å². The molecule has 1 aromatic heterocycles. The molecule has 0 unspecified atom stereocenters. The van der Waals surface area contributed by atoms with Gasteiger partial charge < -0.3 is 5.11 Å². The Bertz CT molecular complexity index is 547. The Balaban J connectivity index is 2.49. The van der Waals surface area contributed by atoms with E-state index in [0.717, 1.165) is 18.5 Å². The van der Waals surface area contributed by atoms with E-state index in [0.29, 0.717) is 0 Å². The van der Waals surface area contributed by atoms with Gasteiger partial charge in [-0.3, -0.25) is 4.79 Å². The molecule has 17 heavy (non-hydrogen) atoms. The van der Waals surface area contributed by atoms with Gasteiger partial charge in [0, 0.05) is 11.1 Å². The first-order valence-corrected chi connectivity index (χ1v) is 4.66. The molecule has 1 N–H and O–H groups in total. The molecule has 2 aromatic rings. The quantitative estimate of drug-likeness (QED) is 0.765. The van der Waals surface area contributed by atoms with E-state index in [2.05, 4.69) is 20.4 Å². The summed E-state index contributed by atoms with van der Waals surface area (Å²) in [6, 6.07) is 3.57. The largest absolute Gasteiger partial charge is 0.388 e. The molecular formula is C10H7FN4O2. The average molecular weight is 234 g/mol. The summed E-state index contributed by atoms with van der Waals surface area (Å²) in [5.74, 6) is -1.09. The third-order valence-electron chi connectivity index (χ3n) is 2.03. The number of benzene rings is 1. The number of aromatic nitrogens is 4. The van der Waals surface area contributed by atoms with E-state index in [-0.39, 0.29) is 17.0 Å². The molecule has 6 nitrogen and oxygen atoms in total. The number of halogens is 1. The number of aliphatic hydroxyl groups excluding tert-OH is 1. The number of carbonyl (C=O) groups is 1. The Morgan fingerprint density at radius 2 is 1.94 bits per heavy atom. The molecule has 1 aromatic carbocycles. The second-order valence-corrected chi connectivity index (χ2v) is 3.18. The van der Waals surface area contributed by atoms with Crippen molar-refractivity contribution >= 4 is 5.78 Å². The van der Waals surface area contributed by atoms with Crippen LogP contribution in [0.4, 0.5) is 4.39 Å². The van der Waals surface area contributed by atoms with Crippen LogP contribution < -0.4 is 0 Å². The SMILES string of the molecule is O=C(CO)c1cc(F)cc(-c2nncnn2)c1. The maximum Gasteiger partial charge on any atom is 0.203 e. The van der Waals surface area contributed by atoms with Crippen LogP contribution in [0.1, 0.15) is 10.4 Å². The van der Waals surface area contributed by atoms with Gasteiger partial charge in [-0.25, -0.2) is 4.39 Å². The number of rotatable bonds is 3. The van der Waals surface area contributed by atoms with Gasteiger partial charge in [0.25, 0.3) is 0 Å². The topological polar surface area (TPSA) is 88.9 Å². The smallest absolute Gasteiger partial charge is 0.203 e. The lowest BCUT2D eigenvalue weighted by molar-refractivity contribution is 0.0903. The van der Waals surface area contributed by atoms with E-state index >= 15 is 0 Å². The van der Waals surface area contributed by atoms with Gasteiger partial charge in [0.2, 0.25) is 5.82 Å². The lowest BCUT2D eigenvalue weighted by Gasteiger charge is -2.02. The highest BCUT2D eigenvalue weighted by Gasteiger charge is 2.10. The molecule has 0 aliphatic carbocycles. The van der Waals surface area contributed by atoms with Crippen molar-refractivity contribution in [3.05, 3.63) is 35.9 Å². The van der Waals surface area contributed by atoms with Crippen LogP contribution in [0.3, 0.4) is 0 Å². The van der Waals surface area contributed by atoms with Crippen LogP contribution in [0.25, 0.3) is 11.4 Å². The van der Waals surface area contributed by atoms with Crippen molar-refractivity contribution < 1.29 is 14.3 Å². The van der Waals surface area contributed by atoms with Gasteiger partial charge in [0.1, 0.15) is 12.4 Å². The van der Waals surface area contributed by atoms with Crippen LogP contribution >= 0.6 is 0 Å². The Hall–Kier alpha value is -2.28. The first kappa shape index (κ1) is 11.2. The predicted molar refractivity (Wildman–Crippen MR) is 54.4 cm³/mol. The molecule has 0 radical (unpaired) electrons. The molecule has 7 heteroatoms. The summed E-state index contributed by atoms with van der Waals surface area (Å²) in [4.78, 5) is 11.3. The van der Waals surface area contributed by atoms with Crippen LogP contribution in [-0.2, 0) is 0 Å². The normalized spacial score (nSPS) is 10.2. The second-order valence-electron chi connectivity index (χ2n) is 3.18. The number of carbonyl (C=O) groups excluding carboxylic acids is 1. The van der Waals surface area contributed by atoms with Crippen LogP contribution in [0.5, 0.6) is 0 Å². The predicted octanol–water partition coefficient (Wildman–Crippen LogP) is 0.248. The van der Waals surface area contributed by atoms with Gasteiger partial charge in [-0.05, 0) is 18.2 Å². The molecule has 2 rings (SSSR count). The summed E-state index contributed by atoms with van der Waals surface area (Å²) in [6.45, 7) is -0.685. The second kappa shape index (κ2) is 4.71. The van der Waals surface area contributed by atoms with E-state index < -0.39 is 18.2 Å². The molecule has 0 atom stereocenters. The number of hydrogen-bond donors (Lipinski definition) is 1. The summed E-state index contributed by atoms with van der Waals surface area (Å²) in [6.07, 6.45) is 1.14. The Labute approximate surface area is 95.2 Å². The Morgan fingerprint density at radius 1 is 1.24 bits per heavy atom. The third-order valence-corrected chi connectivity index (χ3v) is 2.03. The zero-order valence-electron chi connectivity index (χ0n) is 8.54. The molecule has 0 saturated heterocycles. The first-order valence-electron chi connectivity index (χ1n) is 4.66. The van der Waals surface area contributed by atoms with Crippen molar-refractivity contribution in [3.63, 3.8) is 0 Å². The number of ketones is 1. The fourth-order valence-electron chi connectivity index (χ4n) is 1.29. The molecule has 0 aliphatic heterocycles. The zero-order chi connectivity index (χ0) is 12.3. The summed E-state index contributed by atoms with van der Waals surface area (Å²) in [7, 11) is 0. The molecule has 0 aliphatic rings. The van der Waals surface area contributed by atoms with Crippen LogP contribution in [0.2, 0.25) is 0 Å². The third kappa shape index (κ3) is 2.45. The fraction of sp³-hybridized carbons (Fsp3) is 0.100. The molecular weight excluding hydrogens is 227 g/mol. The summed E-state index contributed by atoms with van der Waals surface area (Å²) in [5.41, 5.74) is 0.331. The number of nitrogens with zero attached hydrogens (tertiary/aromatic N) is 4. The summed E-state index contributed by atoms with van der Waals surface area (Å²) in [5, 5.41) is 23.0. The van der Waals surface area contributed by atoms with Gasteiger partial charge in [-0.2, -0.15) is 0 Å². The van der Waals surface area contributed by atoms with Gasteiger partial charge in [0.15, 0.2) is 12.1 Å². The number of hydrogen-bond acceptors (Lipinski definition) is 6. The zero-order valence-corrected chi connectivity index (χ0v) is 8.54. The first-order chi connectivity index (χ1) is 8.20. The number of aliphatic hydroxyl groups is 1. The minimum absolute atomic E-state index is 0.0509. The molecule has 0 bridgehead atoms. The molecule has 86 valence electrons. The highest BCUT2D eigenvalue weighted by atomic mass is 19.1. The van der Waals surface area contributed by atoms with Gasteiger partial charge >= 0.3 is 0 Å². The maximum absolute atomic E-state index is 13.3. The standard InChI is InChI=1S/C10H7FN4O2/c11-8-2-6(9(17)4-16)1-7(3-8)10-14-12-5-13-15-10/h1-3,5,16H,4H2. The molecule has 0 amide bonds.